The molecule has 1 heterocycles. The lowest BCUT2D eigenvalue weighted by molar-refractivity contribution is 0.0949. The van der Waals surface area contributed by atoms with Crippen LogP contribution in [0.1, 0.15) is 28.2 Å². The van der Waals surface area contributed by atoms with E-state index in [1.807, 2.05) is 0 Å². The molecule has 4 nitrogen and oxygen atoms in total. The molecule has 5 heteroatoms. The van der Waals surface area contributed by atoms with E-state index in [0.717, 1.165) is 24.2 Å². The van der Waals surface area contributed by atoms with Gasteiger partial charge in [-0.1, -0.05) is 6.07 Å². The van der Waals surface area contributed by atoms with Gasteiger partial charge < -0.3 is 10.3 Å². The van der Waals surface area contributed by atoms with Gasteiger partial charge in [0.25, 0.3) is 5.91 Å². The molecule has 0 aliphatic carbocycles. The Hall–Kier alpha value is -2.17. The second-order valence-electron chi connectivity index (χ2n) is 4.38. The first-order valence-corrected chi connectivity index (χ1v) is 6.19. The van der Waals surface area contributed by atoms with Crippen LogP contribution in [0.5, 0.6) is 0 Å². The standard InChI is InChI=1S/C14H16FN3O/c1-10-4-5-11(12(15)9-10)14(19)18-6-2-3-13-16-7-8-17-13/h4-5,7-9H,2-3,6H2,1H3,(H,16,17)(H,18,19). The molecule has 2 rings (SSSR count). The van der Waals surface area contributed by atoms with E-state index in [1.54, 1.807) is 25.4 Å². The third-order valence-electron chi connectivity index (χ3n) is 2.80. The van der Waals surface area contributed by atoms with Crippen molar-refractivity contribution in [2.45, 2.75) is 19.8 Å². The average molecular weight is 261 g/mol. The number of aromatic amines is 1. The number of hydrogen-bond acceptors (Lipinski definition) is 2. The number of benzene rings is 1. The summed E-state index contributed by atoms with van der Waals surface area (Å²) in [6.07, 6.45) is 4.96. The molecule has 19 heavy (non-hydrogen) atoms. The molecule has 100 valence electrons. The van der Waals surface area contributed by atoms with E-state index in [-0.39, 0.29) is 11.5 Å². The van der Waals surface area contributed by atoms with Crippen LogP contribution in [0.4, 0.5) is 4.39 Å². The molecule has 0 aliphatic rings. The van der Waals surface area contributed by atoms with Crippen LogP contribution in [0.2, 0.25) is 0 Å². The number of aromatic nitrogens is 2. The zero-order chi connectivity index (χ0) is 13.7. The fourth-order valence-corrected chi connectivity index (χ4v) is 1.79. The first-order chi connectivity index (χ1) is 9.16. The van der Waals surface area contributed by atoms with Gasteiger partial charge >= 0.3 is 0 Å². The van der Waals surface area contributed by atoms with Gasteiger partial charge in [0.2, 0.25) is 0 Å². The van der Waals surface area contributed by atoms with Crippen LogP contribution in [-0.2, 0) is 6.42 Å². The first kappa shape index (κ1) is 13.3. The van der Waals surface area contributed by atoms with E-state index in [0.29, 0.717) is 6.54 Å². The lowest BCUT2D eigenvalue weighted by atomic mass is 10.1. The van der Waals surface area contributed by atoms with Crippen LogP contribution < -0.4 is 5.32 Å². The highest BCUT2D eigenvalue weighted by Gasteiger charge is 2.10. The predicted molar refractivity (Wildman–Crippen MR) is 70.4 cm³/mol. The van der Waals surface area contributed by atoms with Gasteiger partial charge in [0, 0.05) is 25.4 Å². The Kier molecular flexibility index (Phi) is 4.28. The number of amides is 1. The maximum Gasteiger partial charge on any atom is 0.254 e. The quantitative estimate of drug-likeness (QED) is 0.811. The third-order valence-corrected chi connectivity index (χ3v) is 2.80. The van der Waals surface area contributed by atoms with E-state index in [4.69, 9.17) is 0 Å². The maximum atomic E-state index is 13.6. The summed E-state index contributed by atoms with van der Waals surface area (Å²) in [5.41, 5.74) is 0.885. The minimum Gasteiger partial charge on any atom is -0.352 e. The van der Waals surface area contributed by atoms with E-state index < -0.39 is 5.82 Å². The van der Waals surface area contributed by atoms with Crippen molar-refractivity contribution < 1.29 is 9.18 Å². The molecule has 1 aromatic carbocycles. The number of imidazole rings is 1. The molecule has 2 N–H and O–H groups in total. The molecule has 0 fully saturated rings. The van der Waals surface area contributed by atoms with E-state index in [2.05, 4.69) is 15.3 Å². The number of nitrogens with zero attached hydrogens (tertiary/aromatic N) is 1. The SMILES string of the molecule is Cc1ccc(C(=O)NCCCc2ncc[nH]2)c(F)c1. The van der Waals surface area contributed by atoms with Gasteiger partial charge in [-0.15, -0.1) is 0 Å². The van der Waals surface area contributed by atoms with Crippen LogP contribution >= 0.6 is 0 Å². The summed E-state index contributed by atoms with van der Waals surface area (Å²) in [6.45, 7) is 2.28. The van der Waals surface area contributed by atoms with E-state index >= 15 is 0 Å². The highest BCUT2D eigenvalue weighted by molar-refractivity contribution is 5.94. The largest absolute Gasteiger partial charge is 0.352 e. The summed E-state index contributed by atoms with van der Waals surface area (Å²) < 4.78 is 13.6. The Balaban J connectivity index is 1.81. The molecular formula is C14H16FN3O. The van der Waals surface area contributed by atoms with Crippen molar-refractivity contribution in [3.63, 3.8) is 0 Å². The zero-order valence-electron chi connectivity index (χ0n) is 10.7. The summed E-state index contributed by atoms with van der Waals surface area (Å²) in [5, 5.41) is 2.70. The summed E-state index contributed by atoms with van der Waals surface area (Å²) in [4.78, 5) is 18.8. The molecule has 1 aromatic heterocycles. The van der Waals surface area contributed by atoms with Crippen molar-refractivity contribution >= 4 is 5.91 Å². The second-order valence-corrected chi connectivity index (χ2v) is 4.38. The number of hydrogen-bond donors (Lipinski definition) is 2. The zero-order valence-corrected chi connectivity index (χ0v) is 10.7. The Morgan fingerprint density at radius 1 is 1.47 bits per heavy atom. The highest BCUT2D eigenvalue weighted by Crippen LogP contribution is 2.09. The number of aryl methyl sites for hydroxylation is 2. The smallest absolute Gasteiger partial charge is 0.254 e. The Labute approximate surface area is 111 Å². The minimum atomic E-state index is -0.483. The lowest BCUT2D eigenvalue weighted by Crippen LogP contribution is -2.25. The minimum absolute atomic E-state index is 0.0867. The lowest BCUT2D eigenvalue weighted by Gasteiger charge is -2.06. The number of rotatable bonds is 5. The van der Waals surface area contributed by atoms with E-state index in [9.17, 15) is 9.18 Å². The monoisotopic (exact) mass is 261 g/mol. The molecule has 0 unspecified atom stereocenters. The molecule has 1 amide bonds. The molecule has 0 saturated carbocycles. The molecule has 0 radical (unpaired) electrons. The summed E-state index contributed by atoms with van der Waals surface area (Å²) >= 11 is 0. The van der Waals surface area contributed by atoms with Gasteiger partial charge in [0.1, 0.15) is 11.6 Å². The second kappa shape index (κ2) is 6.13. The summed E-state index contributed by atoms with van der Waals surface area (Å²) in [7, 11) is 0. The average Bonchev–Trinajstić information content (AvgIpc) is 2.87. The number of nitrogens with one attached hydrogen (secondary N) is 2. The fourth-order valence-electron chi connectivity index (χ4n) is 1.79. The van der Waals surface area contributed by atoms with Gasteiger partial charge in [-0.3, -0.25) is 4.79 Å². The van der Waals surface area contributed by atoms with Crippen molar-refractivity contribution in [1.29, 1.82) is 0 Å². The number of carbonyl (C=O) groups is 1. The molecule has 0 spiro atoms. The Morgan fingerprint density at radius 3 is 3.00 bits per heavy atom. The number of carbonyl (C=O) groups excluding carboxylic acids is 1. The van der Waals surface area contributed by atoms with Crippen molar-refractivity contribution in [1.82, 2.24) is 15.3 Å². The first-order valence-electron chi connectivity index (χ1n) is 6.19. The Morgan fingerprint density at radius 2 is 2.32 bits per heavy atom. The van der Waals surface area contributed by atoms with Gasteiger partial charge in [0.15, 0.2) is 0 Å². The van der Waals surface area contributed by atoms with Gasteiger partial charge in [-0.2, -0.15) is 0 Å². The normalized spacial score (nSPS) is 10.4. The number of halogens is 1. The van der Waals surface area contributed by atoms with Crippen LogP contribution in [-0.4, -0.2) is 22.4 Å². The molecule has 0 atom stereocenters. The van der Waals surface area contributed by atoms with Crippen molar-refractivity contribution in [3.8, 4) is 0 Å². The predicted octanol–water partition coefficient (Wildman–Crippen LogP) is 2.22. The van der Waals surface area contributed by atoms with E-state index in [1.165, 1.54) is 12.1 Å². The molecule has 0 bridgehead atoms. The van der Waals surface area contributed by atoms with Crippen molar-refractivity contribution in [2.24, 2.45) is 0 Å². The molecule has 0 saturated heterocycles. The number of H-pyrrole nitrogens is 1. The maximum absolute atomic E-state index is 13.6. The van der Waals surface area contributed by atoms with Crippen LogP contribution in [0, 0.1) is 12.7 Å². The molecular weight excluding hydrogens is 245 g/mol. The van der Waals surface area contributed by atoms with Crippen LogP contribution in [0.25, 0.3) is 0 Å². The van der Waals surface area contributed by atoms with Crippen molar-refractivity contribution in [3.05, 3.63) is 53.4 Å². The molecule has 0 aliphatic heterocycles. The van der Waals surface area contributed by atoms with Crippen LogP contribution in [0.3, 0.4) is 0 Å². The van der Waals surface area contributed by atoms with Gasteiger partial charge in [0.05, 0.1) is 5.56 Å². The fraction of sp³-hybridized carbons (Fsp3) is 0.286. The summed E-state index contributed by atoms with van der Waals surface area (Å²) in [6, 6.07) is 4.59. The topological polar surface area (TPSA) is 57.8 Å². The van der Waals surface area contributed by atoms with Crippen LogP contribution in [0.15, 0.2) is 30.6 Å². The molecule has 2 aromatic rings. The highest BCUT2D eigenvalue weighted by atomic mass is 19.1. The van der Waals surface area contributed by atoms with Crippen molar-refractivity contribution in [2.75, 3.05) is 6.54 Å². The summed E-state index contributed by atoms with van der Waals surface area (Å²) in [5.74, 6) is 0.0243. The van der Waals surface area contributed by atoms with Gasteiger partial charge in [-0.05, 0) is 31.0 Å². The third kappa shape index (κ3) is 3.64. The van der Waals surface area contributed by atoms with Gasteiger partial charge in [-0.25, -0.2) is 9.37 Å². The Bertz CT molecular complexity index is 552.